The molecule has 5 nitrogen and oxygen atoms in total. The van der Waals surface area contributed by atoms with Gasteiger partial charge in [0.2, 0.25) is 0 Å². The van der Waals surface area contributed by atoms with Gasteiger partial charge < -0.3 is 5.11 Å². The Morgan fingerprint density at radius 3 is 2.67 bits per heavy atom. The normalized spacial score (nSPS) is 19.0. The first-order valence-corrected chi connectivity index (χ1v) is 8.82. The SMILES string of the molecule is CCCC(C)(O)CNS(=O)(=O)N1CCc2ccccc2C1. The Morgan fingerprint density at radius 2 is 2.00 bits per heavy atom. The molecule has 1 aliphatic heterocycles. The highest BCUT2D eigenvalue weighted by Gasteiger charge is 2.29. The molecule has 6 heteroatoms. The molecule has 1 heterocycles. The highest BCUT2D eigenvalue weighted by Crippen LogP contribution is 2.20. The summed E-state index contributed by atoms with van der Waals surface area (Å²) in [6.45, 7) is 4.53. The van der Waals surface area contributed by atoms with Crippen LogP contribution in [0.5, 0.6) is 0 Å². The molecule has 0 saturated carbocycles. The topological polar surface area (TPSA) is 69.6 Å². The fraction of sp³-hybridized carbons (Fsp3) is 0.600. The molecule has 2 N–H and O–H groups in total. The second kappa shape index (κ2) is 6.44. The molecule has 0 radical (unpaired) electrons. The third-order valence-electron chi connectivity index (χ3n) is 3.86. The van der Waals surface area contributed by atoms with Gasteiger partial charge in [-0.1, -0.05) is 37.6 Å². The maximum Gasteiger partial charge on any atom is 0.279 e. The molecule has 0 fully saturated rings. The molecule has 0 amide bonds. The van der Waals surface area contributed by atoms with Crippen molar-refractivity contribution in [3.05, 3.63) is 35.4 Å². The summed E-state index contributed by atoms with van der Waals surface area (Å²) in [5.41, 5.74) is 1.26. The zero-order valence-electron chi connectivity index (χ0n) is 12.7. The van der Waals surface area contributed by atoms with Gasteiger partial charge in [0.05, 0.1) is 5.60 Å². The third kappa shape index (κ3) is 4.26. The summed E-state index contributed by atoms with van der Waals surface area (Å²) in [6.07, 6.45) is 2.10. The maximum atomic E-state index is 12.4. The number of hydrogen-bond acceptors (Lipinski definition) is 3. The summed E-state index contributed by atoms with van der Waals surface area (Å²) in [7, 11) is -3.55. The monoisotopic (exact) mass is 312 g/mol. The molecule has 1 unspecified atom stereocenters. The van der Waals surface area contributed by atoms with Crippen molar-refractivity contribution in [2.45, 2.75) is 45.3 Å². The molecule has 1 aromatic carbocycles. The summed E-state index contributed by atoms with van der Waals surface area (Å²) in [4.78, 5) is 0. The van der Waals surface area contributed by atoms with Crippen molar-refractivity contribution in [1.82, 2.24) is 9.03 Å². The minimum Gasteiger partial charge on any atom is -0.389 e. The molecule has 2 rings (SSSR count). The van der Waals surface area contributed by atoms with Crippen LogP contribution in [0.2, 0.25) is 0 Å². The van der Waals surface area contributed by atoms with Crippen molar-refractivity contribution in [3.63, 3.8) is 0 Å². The molecule has 1 aliphatic rings. The van der Waals surface area contributed by atoms with E-state index in [1.807, 2.05) is 31.2 Å². The lowest BCUT2D eigenvalue weighted by Crippen LogP contribution is -2.48. The molecule has 0 spiro atoms. The number of nitrogens with zero attached hydrogens (tertiary/aromatic N) is 1. The van der Waals surface area contributed by atoms with Crippen LogP contribution in [0.15, 0.2) is 24.3 Å². The van der Waals surface area contributed by atoms with E-state index in [0.29, 0.717) is 19.5 Å². The van der Waals surface area contributed by atoms with Crippen molar-refractivity contribution >= 4 is 10.2 Å². The van der Waals surface area contributed by atoms with Crippen molar-refractivity contribution in [1.29, 1.82) is 0 Å². The van der Waals surface area contributed by atoms with E-state index in [9.17, 15) is 13.5 Å². The van der Waals surface area contributed by atoms with Gasteiger partial charge in [-0.2, -0.15) is 17.4 Å². The van der Waals surface area contributed by atoms with Crippen LogP contribution in [-0.2, 0) is 23.2 Å². The summed E-state index contributed by atoms with van der Waals surface area (Å²) in [5.74, 6) is 0. The van der Waals surface area contributed by atoms with Gasteiger partial charge in [0, 0.05) is 19.6 Å². The Bertz CT molecular complexity index is 584. The van der Waals surface area contributed by atoms with Gasteiger partial charge >= 0.3 is 0 Å². The van der Waals surface area contributed by atoms with Crippen LogP contribution in [0, 0.1) is 0 Å². The first-order valence-electron chi connectivity index (χ1n) is 7.38. The molecule has 0 aromatic heterocycles. The van der Waals surface area contributed by atoms with E-state index in [2.05, 4.69) is 4.72 Å². The first kappa shape index (κ1) is 16.4. The number of rotatable bonds is 6. The molecule has 118 valence electrons. The number of benzene rings is 1. The Hall–Kier alpha value is -0.950. The average Bonchev–Trinajstić information content (AvgIpc) is 2.45. The molecule has 1 atom stereocenters. The Kier molecular flexibility index (Phi) is 5.03. The molecule has 1 aromatic rings. The van der Waals surface area contributed by atoms with Gasteiger partial charge in [0.15, 0.2) is 0 Å². The predicted octanol–water partition coefficient (Wildman–Crippen LogP) is 1.43. The van der Waals surface area contributed by atoms with Crippen molar-refractivity contribution < 1.29 is 13.5 Å². The van der Waals surface area contributed by atoms with Crippen molar-refractivity contribution in [3.8, 4) is 0 Å². The van der Waals surface area contributed by atoms with Gasteiger partial charge in [-0.3, -0.25) is 0 Å². The lowest BCUT2D eigenvalue weighted by atomic mass is 10.0. The summed E-state index contributed by atoms with van der Waals surface area (Å²) < 4.78 is 28.7. The second-order valence-corrected chi connectivity index (χ2v) is 7.68. The molecule has 0 aliphatic carbocycles. The fourth-order valence-electron chi connectivity index (χ4n) is 2.64. The minimum atomic E-state index is -3.55. The molecule has 21 heavy (non-hydrogen) atoms. The van der Waals surface area contributed by atoms with E-state index >= 15 is 0 Å². The smallest absolute Gasteiger partial charge is 0.279 e. The highest BCUT2D eigenvalue weighted by molar-refractivity contribution is 7.87. The lowest BCUT2D eigenvalue weighted by Gasteiger charge is -2.30. The first-order chi connectivity index (χ1) is 9.84. The van der Waals surface area contributed by atoms with Gasteiger partial charge in [0.1, 0.15) is 0 Å². The maximum absolute atomic E-state index is 12.4. The Balaban J connectivity index is 2.01. The quantitative estimate of drug-likeness (QED) is 0.835. The highest BCUT2D eigenvalue weighted by atomic mass is 32.2. The number of nitrogens with one attached hydrogen (secondary N) is 1. The van der Waals surface area contributed by atoms with E-state index in [1.165, 1.54) is 9.87 Å². The van der Waals surface area contributed by atoms with Crippen molar-refractivity contribution in [2.75, 3.05) is 13.1 Å². The van der Waals surface area contributed by atoms with Crippen LogP contribution >= 0.6 is 0 Å². The van der Waals surface area contributed by atoms with Gasteiger partial charge in [-0.05, 0) is 30.9 Å². The fourth-order valence-corrected chi connectivity index (χ4v) is 3.96. The van der Waals surface area contributed by atoms with Crippen LogP contribution in [0.3, 0.4) is 0 Å². The van der Waals surface area contributed by atoms with E-state index < -0.39 is 15.8 Å². The standard InChI is InChI=1S/C15H24N2O3S/c1-3-9-15(2,18)12-16-21(19,20)17-10-8-13-6-4-5-7-14(13)11-17/h4-7,16,18H,3,8-12H2,1-2H3. The molecule has 0 saturated heterocycles. The summed E-state index contributed by atoms with van der Waals surface area (Å²) >= 11 is 0. The third-order valence-corrected chi connectivity index (χ3v) is 5.36. The van der Waals surface area contributed by atoms with Crippen molar-refractivity contribution in [2.24, 2.45) is 0 Å². The van der Waals surface area contributed by atoms with Gasteiger partial charge in [0.25, 0.3) is 10.2 Å². The number of fused-ring (bicyclic) bond motifs is 1. The minimum absolute atomic E-state index is 0.0430. The zero-order chi connectivity index (χ0) is 15.5. The van der Waals surface area contributed by atoms with Gasteiger partial charge in [-0.15, -0.1) is 0 Å². The Morgan fingerprint density at radius 1 is 1.33 bits per heavy atom. The van der Waals surface area contributed by atoms with E-state index in [1.54, 1.807) is 6.92 Å². The number of hydrogen-bond donors (Lipinski definition) is 2. The lowest BCUT2D eigenvalue weighted by molar-refractivity contribution is 0.0550. The largest absolute Gasteiger partial charge is 0.389 e. The zero-order valence-corrected chi connectivity index (χ0v) is 13.5. The van der Waals surface area contributed by atoms with Gasteiger partial charge in [-0.25, -0.2) is 0 Å². The predicted molar refractivity (Wildman–Crippen MR) is 83.0 cm³/mol. The molecule has 0 bridgehead atoms. The second-order valence-electron chi connectivity index (χ2n) is 5.93. The van der Waals surface area contributed by atoms with E-state index in [-0.39, 0.29) is 6.54 Å². The molecular weight excluding hydrogens is 288 g/mol. The summed E-state index contributed by atoms with van der Waals surface area (Å²) in [6, 6.07) is 7.90. The average molecular weight is 312 g/mol. The van der Waals surface area contributed by atoms with Crippen LogP contribution in [-0.4, -0.2) is 36.5 Å². The Labute approximate surface area is 127 Å². The van der Waals surface area contributed by atoms with E-state index in [4.69, 9.17) is 0 Å². The van der Waals surface area contributed by atoms with Crippen LogP contribution in [0.4, 0.5) is 0 Å². The van der Waals surface area contributed by atoms with E-state index in [0.717, 1.165) is 18.4 Å². The summed E-state index contributed by atoms with van der Waals surface area (Å²) in [5, 5.41) is 10.1. The molecular formula is C15H24N2O3S. The van der Waals surface area contributed by atoms with Crippen LogP contribution in [0.25, 0.3) is 0 Å². The number of aliphatic hydroxyl groups is 1. The van der Waals surface area contributed by atoms with Crippen LogP contribution < -0.4 is 4.72 Å². The van der Waals surface area contributed by atoms with Crippen LogP contribution in [0.1, 0.15) is 37.8 Å².